The largest absolute Gasteiger partial charge is 0.390 e. The van der Waals surface area contributed by atoms with Crippen molar-refractivity contribution in [2.45, 2.75) is 128 Å². The van der Waals surface area contributed by atoms with E-state index in [9.17, 15) is 24.6 Å². The van der Waals surface area contributed by atoms with Crippen molar-refractivity contribution in [1.29, 1.82) is 0 Å². The third kappa shape index (κ3) is 12.7. The van der Waals surface area contributed by atoms with Crippen LogP contribution in [-0.2, 0) is 20.8 Å². The first-order valence-electron chi connectivity index (χ1n) is 19.4. The third-order valence-corrected chi connectivity index (χ3v) is 11.4. The average molecular weight is 693 g/mol. The fourth-order valence-corrected chi connectivity index (χ4v) is 8.38. The normalized spacial score (nSPS) is 22.8. The van der Waals surface area contributed by atoms with Gasteiger partial charge in [-0.25, -0.2) is 0 Å². The second kappa shape index (κ2) is 20.2. The number of aliphatic hydroxyl groups is 2. The molecule has 278 valence electrons. The van der Waals surface area contributed by atoms with Crippen LogP contribution < -0.4 is 10.6 Å². The number of terminal acetylenes is 1. The van der Waals surface area contributed by atoms with Gasteiger partial charge in [-0.2, -0.15) is 0 Å². The quantitative estimate of drug-likeness (QED) is 0.168. The van der Waals surface area contributed by atoms with E-state index < -0.39 is 42.0 Å². The van der Waals surface area contributed by atoms with Crippen LogP contribution in [0.15, 0.2) is 30.3 Å². The highest BCUT2D eigenvalue weighted by Gasteiger charge is 2.35. The standard InChI is InChI=1S/C41H64N4O5/c1-5-12-35(41(50)43-36(25-31-15-10-7-11-16-31)39(48)37(46)23-29(2)3)42-40(49)34(24-30-13-8-6-9-14-30)26-38(47)44(4)21-22-45-27-32-17-18-33(28-45)20-19-32/h1,6,8-9,13-14,29,31-37,39,46,48H,7,10-12,15-28H2,2-4H3,(H,42,49)(H,43,50)/t32?,33?,34-,35+,36+,37+,39-/m1/s1. The number of nitrogens with one attached hydrogen (secondary N) is 2. The first-order chi connectivity index (χ1) is 24.0. The first-order valence-corrected chi connectivity index (χ1v) is 19.4. The van der Waals surface area contributed by atoms with E-state index in [4.69, 9.17) is 6.42 Å². The lowest BCUT2D eigenvalue weighted by molar-refractivity contribution is -0.137. The Hall–Kier alpha value is -2.93. The van der Waals surface area contributed by atoms with Gasteiger partial charge in [0.15, 0.2) is 0 Å². The number of hydrogen-bond acceptors (Lipinski definition) is 6. The summed E-state index contributed by atoms with van der Waals surface area (Å²) in [6, 6.07) is 7.89. The van der Waals surface area contributed by atoms with E-state index in [1.54, 1.807) is 4.90 Å². The lowest BCUT2D eigenvalue weighted by Gasteiger charge is -2.33. The maximum atomic E-state index is 14.0. The van der Waals surface area contributed by atoms with E-state index in [2.05, 4.69) is 21.5 Å². The number of hydrogen-bond donors (Lipinski definition) is 4. The van der Waals surface area contributed by atoms with Gasteiger partial charge in [0.1, 0.15) is 12.1 Å². The molecule has 0 aromatic heterocycles. The average Bonchev–Trinajstić information content (AvgIpc) is 3.43. The summed E-state index contributed by atoms with van der Waals surface area (Å²) in [5, 5.41) is 27.9. The molecule has 2 aliphatic heterocycles. The van der Waals surface area contributed by atoms with Gasteiger partial charge in [0, 0.05) is 46.1 Å². The van der Waals surface area contributed by atoms with Gasteiger partial charge in [0.2, 0.25) is 17.7 Å². The Morgan fingerprint density at radius 2 is 1.58 bits per heavy atom. The van der Waals surface area contributed by atoms with Gasteiger partial charge >= 0.3 is 0 Å². The summed E-state index contributed by atoms with van der Waals surface area (Å²) in [7, 11) is 1.81. The van der Waals surface area contributed by atoms with Gasteiger partial charge in [-0.3, -0.25) is 14.4 Å². The number of amides is 3. The zero-order valence-corrected chi connectivity index (χ0v) is 30.9. The van der Waals surface area contributed by atoms with E-state index >= 15 is 0 Å². The van der Waals surface area contributed by atoms with Gasteiger partial charge in [-0.15, -0.1) is 12.3 Å². The molecule has 50 heavy (non-hydrogen) atoms. The molecule has 9 heteroatoms. The number of likely N-dealkylation sites (N-methyl/N-ethyl adjacent to an activating group) is 1. The highest BCUT2D eigenvalue weighted by molar-refractivity contribution is 5.91. The van der Waals surface area contributed by atoms with Crippen LogP contribution in [0.3, 0.4) is 0 Å². The minimum absolute atomic E-state index is 0.0112. The summed E-state index contributed by atoms with van der Waals surface area (Å²) in [4.78, 5) is 45.6. The van der Waals surface area contributed by atoms with Crippen LogP contribution in [0.2, 0.25) is 0 Å². The summed E-state index contributed by atoms with van der Waals surface area (Å²) < 4.78 is 0. The molecule has 2 aliphatic carbocycles. The molecule has 1 aromatic carbocycles. The monoisotopic (exact) mass is 692 g/mol. The predicted molar refractivity (Wildman–Crippen MR) is 198 cm³/mol. The number of carbonyl (C=O) groups is 3. The molecule has 2 saturated heterocycles. The molecule has 5 rings (SSSR count). The maximum absolute atomic E-state index is 14.0. The fraction of sp³-hybridized carbons (Fsp3) is 0.732. The van der Waals surface area contributed by atoms with Gasteiger partial charge in [0.25, 0.3) is 0 Å². The highest BCUT2D eigenvalue weighted by Crippen LogP contribution is 2.34. The molecule has 2 bridgehead atoms. The molecule has 4 N–H and O–H groups in total. The van der Waals surface area contributed by atoms with Crippen LogP contribution in [-0.4, -0.2) is 95.3 Å². The van der Waals surface area contributed by atoms with Crippen molar-refractivity contribution < 1.29 is 24.6 Å². The Morgan fingerprint density at radius 3 is 2.18 bits per heavy atom. The van der Waals surface area contributed by atoms with Crippen LogP contribution in [0.4, 0.5) is 0 Å². The maximum Gasteiger partial charge on any atom is 0.243 e. The van der Waals surface area contributed by atoms with Crippen molar-refractivity contribution in [1.82, 2.24) is 20.4 Å². The molecule has 5 atom stereocenters. The molecule has 0 unspecified atom stereocenters. The summed E-state index contributed by atoms with van der Waals surface area (Å²) >= 11 is 0. The molecule has 1 aromatic rings. The third-order valence-electron chi connectivity index (χ3n) is 11.4. The number of carbonyl (C=O) groups excluding carboxylic acids is 3. The van der Waals surface area contributed by atoms with E-state index in [1.165, 1.54) is 32.1 Å². The molecule has 4 aliphatic rings. The number of benzene rings is 1. The Morgan fingerprint density at radius 1 is 0.940 bits per heavy atom. The molecule has 3 amide bonds. The lowest BCUT2D eigenvalue weighted by Crippen LogP contribution is -2.56. The smallest absolute Gasteiger partial charge is 0.243 e. The number of rotatable bonds is 18. The fourth-order valence-electron chi connectivity index (χ4n) is 8.38. The second-order valence-corrected chi connectivity index (χ2v) is 16.1. The van der Waals surface area contributed by atoms with E-state index in [0.29, 0.717) is 31.7 Å². The molecule has 9 nitrogen and oxygen atoms in total. The van der Waals surface area contributed by atoms with Gasteiger partial charge in [-0.1, -0.05) is 76.3 Å². The summed E-state index contributed by atoms with van der Waals surface area (Å²) in [6.45, 7) is 7.60. The highest BCUT2D eigenvalue weighted by atomic mass is 16.3. The Labute approximate surface area is 301 Å². The van der Waals surface area contributed by atoms with Crippen molar-refractivity contribution in [2.75, 3.05) is 33.2 Å². The number of aliphatic hydroxyl groups excluding tert-OH is 2. The van der Waals surface area contributed by atoms with Crippen molar-refractivity contribution in [3.63, 3.8) is 0 Å². The molecule has 2 saturated carbocycles. The van der Waals surface area contributed by atoms with Crippen molar-refractivity contribution in [3.05, 3.63) is 35.9 Å². The summed E-state index contributed by atoms with van der Waals surface area (Å²) in [5.74, 6) is 2.87. The summed E-state index contributed by atoms with van der Waals surface area (Å²) in [5.41, 5.74) is 0.927. The molecular formula is C41H64N4O5. The molecular weight excluding hydrogens is 628 g/mol. The van der Waals surface area contributed by atoms with E-state index in [-0.39, 0.29) is 24.7 Å². The van der Waals surface area contributed by atoms with Gasteiger partial charge in [-0.05, 0) is 74.2 Å². The molecule has 2 heterocycles. The Bertz CT molecular complexity index is 1220. The minimum Gasteiger partial charge on any atom is -0.390 e. The van der Waals surface area contributed by atoms with Crippen molar-refractivity contribution >= 4 is 17.7 Å². The van der Waals surface area contributed by atoms with E-state index in [1.807, 2.05) is 51.2 Å². The van der Waals surface area contributed by atoms with Crippen molar-refractivity contribution in [2.24, 2.45) is 29.6 Å². The van der Waals surface area contributed by atoms with Crippen LogP contribution >= 0.6 is 0 Å². The minimum atomic E-state index is -1.14. The number of fused-ring (bicyclic) bond motifs is 4. The van der Waals surface area contributed by atoms with E-state index in [0.717, 1.165) is 62.7 Å². The Kier molecular flexibility index (Phi) is 16.1. The van der Waals surface area contributed by atoms with Crippen LogP contribution in [0.1, 0.15) is 103 Å². The first kappa shape index (κ1) is 39.8. The number of nitrogens with zero attached hydrogens (tertiary/aromatic N) is 2. The Balaban J connectivity index is 1.42. The lowest BCUT2D eigenvalue weighted by atomic mass is 9.82. The zero-order chi connectivity index (χ0) is 36.0. The zero-order valence-electron chi connectivity index (χ0n) is 30.9. The topological polar surface area (TPSA) is 122 Å². The van der Waals surface area contributed by atoms with Crippen molar-refractivity contribution in [3.8, 4) is 12.3 Å². The molecule has 4 fully saturated rings. The SMILES string of the molecule is C#CC[C@H](NC(=O)[C@@H](CC(=O)N(C)CCN1CC2CCC(CC2)C1)Cc1ccccc1)C(=O)N[C@@H](CC1CCCCC1)[C@@H](O)[C@@H](O)CC(C)C. The predicted octanol–water partition coefficient (Wildman–Crippen LogP) is 4.55. The van der Waals surface area contributed by atoms with Crippen LogP contribution in [0, 0.1) is 41.9 Å². The van der Waals surface area contributed by atoms with Gasteiger partial charge < -0.3 is 30.6 Å². The second-order valence-electron chi connectivity index (χ2n) is 16.1. The molecule has 0 radical (unpaired) electrons. The van der Waals surface area contributed by atoms with Gasteiger partial charge in [0.05, 0.1) is 18.1 Å². The van der Waals surface area contributed by atoms with Crippen LogP contribution in [0.5, 0.6) is 0 Å². The van der Waals surface area contributed by atoms with Crippen LogP contribution in [0.25, 0.3) is 0 Å². The molecule has 0 spiro atoms. The summed E-state index contributed by atoms with van der Waals surface area (Å²) in [6.07, 6.45) is 15.5.